The zero-order valence-corrected chi connectivity index (χ0v) is 14.9. The molecule has 1 heterocycles. The van der Waals surface area contributed by atoms with E-state index in [4.69, 9.17) is 5.11 Å². The van der Waals surface area contributed by atoms with Crippen molar-refractivity contribution in [3.63, 3.8) is 0 Å². The third kappa shape index (κ3) is 4.15. The third-order valence-corrected chi connectivity index (χ3v) is 4.74. The van der Waals surface area contributed by atoms with Gasteiger partial charge in [0.1, 0.15) is 5.82 Å². The molecule has 0 unspecified atom stereocenters. The Kier molecular flexibility index (Phi) is 5.52. The molecule has 0 atom stereocenters. The molecule has 2 aromatic carbocycles. The van der Waals surface area contributed by atoms with Gasteiger partial charge in [-0.1, -0.05) is 24.3 Å². The highest BCUT2D eigenvalue weighted by molar-refractivity contribution is 8.18. The molecule has 0 aliphatic carbocycles. The Labute approximate surface area is 159 Å². The van der Waals surface area contributed by atoms with Crippen LogP contribution in [0, 0.1) is 5.82 Å². The number of hydrogen-bond acceptors (Lipinski definition) is 4. The van der Waals surface area contributed by atoms with E-state index in [1.165, 1.54) is 29.2 Å². The summed E-state index contributed by atoms with van der Waals surface area (Å²) in [6, 6.07) is 12.2. The average molecular weight is 382 g/mol. The maximum absolute atomic E-state index is 13.9. The third-order valence-electron chi connectivity index (χ3n) is 3.73. The molecule has 136 valence electrons. The van der Waals surface area contributed by atoms with Crippen LogP contribution in [-0.4, -0.2) is 33.6 Å². The minimum absolute atomic E-state index is 0.150. The molecule has 0 aromatic heterocycles. The number of carboxylic acid groups (broad SMARTS) is 1. The van der Waals surface area contributed by atoms with Gasteiger partial charge < -0.3 is 5.11 Å². The minimum Gasteiger partial charge on any atom is -0.478 e. The van der Waals surface area contributed by atoms with Crippen molar-refractivity contribution in [2.24, 2.45) is 4.99 Å². The molecule has 27 heavy (non-hydrogen) atoms. The number of carboxylic acids is 1. The Balaban J connectivity index is 1.94. The number of amidine groups is 1. The number of halogens is 1. The second kappa shape index (κ2) is 8.01. The fourth-order valence-electron chi connectivity index (χ4n) is 2.40. The summed E-state index contributed by atoms with van der Waals surface area (Å²) in [6.45, 7) is 3.91. The van der Waals surface area contributed by atoms with Crippen LogP contribution in [0.15, 0.2) is 71.1 Å². The first-order valence-electron chi connectivity index (χ1n) is 7.98. The molecule has 1 aliphatic heterocycles. The molecule has 1 aliphatic rings. The first-order chi connectivity index (χ1) is 13.0. The van der Waals surface area contributed by atoms with E-state index in [2.05, 4.69) is 11.6 Å². The fourth-order valence-corrected chi connectivity index (χ4v) is 3.40. The molecule has 0 radical (unpaired) electrons. The van der Waals surface area contributed by atoms with Crippen molar-refractivity contribution in [1.82, 2.24) is 4.90 Å². The summed E-state index contributed by atoms with van der Waals surface area (Å²) in [6.07, 6.45) is 3.07. The lowest BCUT2D eigenvalue weighted by Crippen LogP contribution is -2.29. The number of hydrogen-bond donors (Lipinski definition) is 1. The van der Waals surface area contributed by atoms with Gasteiger partial charge in [0.05, 0.1) is 16.2 Å². The smallest absolute Gasteiger partial charge is 0.335 e. The number of benzene rings is 2. The van der Waals surface area contributed by atoms with Gasteiger partial charge in [-0.15, -0.1) is 6.58 Å². The topological polar surface area (TPSA) is 70.0 Å². The number of thioether (sulfide) groups is 1. The van der Waals surface area contributed by atoms with Crippen LogP contribution in [0.1, 0.15) is 15.9 Å². The van der Waals surface area contributed by atoms with Crippen LogP contribution in [0.2, 0.25) is 0 Å². The van der Waals surface area contributed by atoms with Gasteiger partial charge in [0.25, 0.3) is 5.91 Å². The van der Waals surface area contributed by atoms with Crippen LogP contribution < -0.4 is 0 Å². The maximum atomic E-state index is 13.9. The van der Waals surface area contributed by atoms with Crippen LogP contribution >= 0.6 is 11.8 Å². The first-order valence-corrected chi connectivity index (χ1v) is 8.80. The number of aliphatic imine (C=N–C) groups is 1. The quantitative estimate of drug-likeness (QED) is 0.618. The highest BCUT2D eigenvalue weighted by atomic mass is 32.2. The number of nitrogens with zero attached hydrogens (tertiary/aromatic N) is 2. The van der Waals surface area contributed by atoms with Crippen molar-refractivity contribution < 1.29 is 19.1 Å². The number of carbonyl (C=O) groups excluding carboxylic acids is 1. The zero-order valence-electron chi connectivity index (χ0n) is 14.1. The Morgan fingerprint density at radius 3 is 2.56 bits per heavy atom. The van der Waals surface area contributed by atoms with E-state index in [-0.39, 0.29) is 18.0 Å². The maximum Gasteiger partial charge on any atom is 0.335 e. The normalized spacial score (nSPS) is 16.9. The zero-order chi connectivity index (χ0) is 19.4. The summed E-state index contributed by atoms with van der Waals surface area (Å²) < 4.78 is 13.9. The van der Waals surface area contributed by atoms with Gasteiger partial charge >= 0.3 is 5.97 Å². The summed E-state index contributed by atoms with van der Waals surface area (Å²) >= 11 is 1.13. The van der Waals surface area contributed by atoms with E-state index in [1.807, 2.05) is 0 Å². The number of rotatable bonds is 5. The molecule has 1 saturated heterocycles. The van der Waals surface area contributed by atoms with Crippen LogP contribution in [0.4, 0.5) is 10.1 Å². The van der Waals surface area contributed by atoms with Crippen LogP contribution in [-0.2, 0) is 4.79 Å². The lowest BCUT2D eigenvalue weighted by Gasteiger charge is -2.12. The van der Waals surface area contributed by atoms with Crippen molar-refractivity contribution in [2.75, 3.05) is 6.54 Å². The molecule has 0 spiro atoms. The lowest BCUT2D eigenvalue weighted by molar-refractivity contribution is -0.121. The summed E-state index contributed by atoms with van der Waals surface area (Å²) in [7, 11) is 0. The van der Waals surface area contributed by atoms with E-state index in [0.717, 1.165) is 11.8 Å². The number of amides is 1. The predicted molar refractivity (Wildman–Crippen MR) is 104 cm³/mol. The Bertz CT molecular complexity index is 967. The van der Waals surface area contributed by atoms with Gasteiger partial charge in [-0.05, 0) is 48.2 Å². The largest absolute Gasteiger partial charge is 0.478 e. The van der Waals surface area contributed by atoms with Crippen molar-refractivity contribution in [1.29, 1.82) is 0 Å². The van der Waals surface area contributed by atoms with E-state index in [1.54, 1.807) is 36.4 Å². The van der Waals surface area contributed by atoms with Gasteiger partial charge in [0.2, 0.25) is 0 Å². The molecular formula is C20H15FN2O3S. The molecule has 5 nitrogen and oxygen atoms in total. The molecular weight excluding hydrogens is 367 g/mol. The van der Waals surface area contributed by atoms with Crippen LogP contribution in [0.3, 0.4) is 0 Å². The van der Waals surface area contributed by atoms with Gasteiger partial charge in [-0.3, -0.25) is 9.69 Å². The Morgan fingerprint density at radius 1 is 1.22 bits per heavy atom. The summed E-state index contributed by atoms with van der Waals surface area (Å²) in [5, 5.41) is 9.38. The van der Waals surface area contributed by atoms with Gasteiger partial charge in [-0.2, -0.15) is 0 Å². The summed E-state index contributed by atoms with van der Waals surface area (Å²) in [5.74, 6) is -1.73. The van der Waals surface area contributed by atoms with E-state index in [9.17, 15) is 14.0 Å². The number of aromatic carboxylic acids is 1. The van der Waals surface area contributed by atoms with E-state index >= 15 is 0 Å². The SMILES string of the molecule is C=CCN1C(=O)/C(=C/c2ccccc2F)SC1=Nc1ccc(C(=O)O)cc1. The predicted octanol–water partition coefficient (Wildman–Crippen LogP) is 4.31. The van der Waals surface area contributed by atoms with Crippen molar-refractivity contribution in [2.45, 2.75) is 0 Å². The summed E-state index contributed by atoms with van der Waals surface area (Å²) in [4.78, 5) is 29.8. The van der Waals surface area contributed by atoms with Gasteiger partial charge in [0, 0.05) is 12.1 Å². The fraction of sp³-hybridized carbons (Fsp3) is 0.0500. The molecule has 2 aromatic rings. The van der Waals surface area contributed by atoms with Gasteiger partial charge in [0.15, 0.2) is 5.17 Å². The van der Waals surface area contributed by atoms with Crippen LogP contribution in [0.25, 0.3) is 6.08 Å². The minimum atomic E-state index is -1.02. The van der Waals surface area contributed by atoms with Gasteiger partial charge in [-0.25, -0.2) is 14.2 Å². The van der Waals surface area contributed by atoms with E-state index in [0.29, 0.717) is 21.3 Å². The Hall–Kier alpha value is -3.19. The average Bonchev–Trinajstić information content (AvgIpc) is 2.93. The molecule has 0 bridgehead atoms. The molecule has 1 N–H and O–H groups in total. The van der Waals surface area contributed by atoms with Crippen LogP contribution in [0.5, 0.6) is 0 Å². The molecule has 0 saturated carbocycles. The molecule has 1 amide bonds. The first kappa shape index (κ1) is 18.6. The second-order valence-electron chi connectivity index (χ2n) is 5.58. The summed E-state index contributed by atoms with van der Waals surface area (Å²) in [5.41, 5.74) is 0.979. The highest BCUT2D eigenvalue weighted by Crippen LogP contribution is 2.34. The molecule has 1 fully saturated rings. The van der Waals surface area contributed by atoms with Crippen molar-refractivity contribution in [3.8, 4) is 0 Å². The lowest BCUT2D eigenvalue weighted by atomic mass is 10.2. The van der Waals surface area contributed by atoms with E-state index < -0.39 is 11.8 Å². The highest BCUT2D eigenvalue weighted by Gasteiger charge is 2.32. The van der Waals surface area contributed by atoms with Crippen molar-refractivity contribution in [3.05, 3.63) is 83.0 Å². The molecule has 7 heteroatoms. The monoisotopic (exact) mass is 382 g/mol. The second-order valence-corrected chi connectivity index (χ2v) is 6.59. The number of carbonyl (C=O) groups is 2. The van der Waals surface area contributed by atoms with Crippen molar-refractivity contribution >= 4 is 40.6 Å². The molecule has 3 rings (SSSR count). The standard InChI is InChI=1S/C20H15FN2O3S/c1-2-11-23-18(24)17(12-14-5-3-4-6-16(14)21)27-20(23)22-15-9-7-13(8-10-15)19(25)26/h2-10,12H,1,11H2,(H,25,26)/b17-12-,22-20?. The Morgan fingerprint density at radius 2 is 1.93 bits per heavy atom.